The third-order valence-electron chi connectivity index (χ3n) is 3.67. The van der Waals surface area contributed by atoms with Gasteiger partial charge in [0.1, 0.15) is 17.7 Å². The van der Waals surface area contributed by atoms with Crippen molar-refractivity contribution in [3.05, 3.63) is 18.1 Å². The van der Waals surface area contributed by atoms with Crippen LogP contribution in [0.5, 0.6) is 0 Å². The van der Waals surface area contributed by atoms with Gasteiger partial charge in [0.15, 0.2) is 0 Å². The van der Waals surface area contributed by atoms with E-state index < -0.39 is 11.7 Å². The fraction of sp³-hybridized carbons (Fsp3) is 0.688. The molecule has 7 heteroatoms. The Labute approximate surface area is 137 Å². The van der Waals surface area contributed by atoms with E-state index in [1.165, 1.54) is 0 Å². The fourth-order valence-corrected chi connectivity index (χ4v) is 2.63. The van der Waals surface area contributed by atoms with Crippen LogP contribution in [0.4, 0.5) is 10.6 Å². The van der Waals surface area contributed by atoms with Crippen molar-refractivity contribution in [1.82, 2.24) is 15.3 Å². The molecule has 1 saturated heterocycles. The lowest BCUT2D eigenvalue weighted by molar-refractivity contribution is 0.0522. The van der Waals surface area contributed by atoms with Gasteiger partial charge in [0.05, 0.1) is 12.1 Å². The Morgan fingerprint density at radius 1 is 1.43 bits per heavy atom. The molecule has 2 heterocycles. The second-order valence-electron chi connectivity index (χ2n) is 6.80. The Bertz CT molecular complexity index is 544. The number of anilines is 1. The SMILES string of the molecule is CO[C@@H]1C[C@H](CNC(=O)OC(C)(C)C)N(c2cc(C)ncn2)C1. The number of alkyl carbamates (subject to hydrolysis) is 1. The molecule has 2 atom stereocenters. The lowest BCUT2D eigenvalue weighted by atomic mass is 10.2. The minimum absolute atomic E-state index is 0.113. The first-order chi connectivity index (χ1) is 10.8. The van der Waals surface area contributed by atoms with Gasteiger partial charge in [-0.05, 0) is 34.1 Å². The Morgan fingerprint density at radius 2 is 2.17 bits per heavy atom. The van der Waals surface area contributed by atoms with Crippen LogP contribution in [-0.4, -0.2) is 54.0 Å². The Morgan fingerprint density at radius 3 is 2.78 bits per heavy atom. The molecule has 1 fully saturated rings. The van der Waals surface area contributed by atoms with Crippen molar-refractivity contribution in [2.45, 2.75) is 51.9 Å². The number of amides is 1. The normalized spacial score (nSPS) is 21.3. The molecule has 1 amide bonds. The molecule has 1 aromatic rings. The minimum atomic E-state index is -0.502. The van der Waals surface area contributed by atoms with Gasteiger partial charge in [-0.25, -0.2) is 14.8 Å². The zero-order valence-electron chi connectivity index (χ0n) is 14.5. The van der Waals surface area contributed by atoms with E-state index in [2.05, 4.69) is 20.2 Å². The highest BCUT2D eigenvalue weighted by molar-refractivity contribution is 5.67. The summed E-state index contributed by atoms with van der Waals surface area (Å²) in [5, 5.41) is 2.84. The van der Waals surface area contributed by atoms with Crippen molar-refractivity contribution in [2.24, 2.45) is 0 Å². The van der Waals surface area contributed by atoms with Crippen LogP contribution in [0.25, 0.3) is 0 Å². The second kappa shape index (κ2) is 7.12. The van der Waals surface area contributed by atoms with E-state index in [9.17, 15) is 4.79 Å². The highest BCUT2D eigenvalue weighted by Gasteiger charge is 2.33. The molecule has 0 unspecified atom stereocenters. The largest absolute Gasteiger partial charge is 0.444 e. The van der Waals surface area contributed by atoms with Gasteiger partial charge in [-0.2, -0.15) is 0 Å². The number of aryl methyl sites for hydroxylation is 1. The molecule has 1 aromatic heterocycles. The first-order valence-corrected chi connectivity index (χ1v) is 7.83. The van der Waals surface area contributed by atoms with Gasteiger partial charge in [-0.15, -0.1) is 0 Å². The highest BCUT2D eigenvalue weighted by Crippen LogP contribution is 2.25. The highest BCUT2D eigenvalue weighted by atomic mass is 16.6. The number of nitrogens with one attached hydrogen (secondary N) is 1. The number of methoxy groups -OCH3 is 1. The van der Waals surface area contributed by atoms with Crippen molar-refractivity contribution >= 4 is 11.9 Å². The van der Waals surface area contributed by atoms with Gasteiger partial charge in [0.2, 0.25) is 0 Å². The van der Waals surface area contributed by atoms with Crippen LogP contribution in [0.3, 0.4) is 0 Å². The summed E-state index contributed by atoms with van der Waals surface area (Å²) in [6, 6.07) is 2.06. The number of hydrogen-bond donors (Lipinski definition) is 1. The van der Waals surface area contributed by atoms with Crippen LogP contribution in [0, 0.1) is 6.92 Å². The third-order valence-corrected chi connectivity index (χ3v) is 3.67. The molecule has 7 nitrogen and oxygen atoms in total. The minimum Gasteiger partial charge on any atom is -0.444 e. The van der Waals surface area contributed by atoms with Gasteiger partial charge >= 0.3 is 6.09 Å². The smallest absolute Gasteiger partial charge is 0.407 e. The van der Waals surface area contributed by atoms with Crippen molar-refractivity contribution < 1.29 is 14.3 Å². The van der Waals surface area contributed by atoms with Crippen LogP contribution in [0.1, 0.15) is 32.9 Å². The number of nitrogens with zero attached hydrogens (tertiary/aromatic N) is 3. The maximum absolute atomic E-state index is 11.9. The fourth-order valence-electron chi connectivity index (χ4n) is 2.63. The maximum Gasteiger partial charge on any atom is 0.407 e. The monoisotopic (exact) mass is 322 g/mol. The van der Waals surface area contributed by atoms with E-state index in [1.54, 1.807) is 13.4 Å². The molecule has 0 radical (unpaired) electrons. The summed E-state index contributed by atoms with van der Waals surface area (Å²) >= 11 is 0. The molecule has 2 rings (SSSR count). The summed E-state index contributed by atoms with van der Waals surface area (Å²) in [6.07, 6.45) is 2.10. The molecule has 23 heavy (non-hydrogen) atoms. The third kappa shape index (κ3) is 5.06. The summed E-state index contributed by atoms with van der Waals surface area (Å²) in [6.45, 7) is 8.70. The van der Waals surface area contributed by atoms with Gasteiger partial charge in [0.25, 0.3) is 0 Å². The lowest BCUT2D eigenvalue weighted by Crippen LogP contribution is -2.42. The topological polar surface area (TPSA) is 76.6 Å². The first-order valence-electron chi connectivity index (χ1n) is 7.83. The molecule has 0 aliphatic carbocycles. The molecule has 0 aromatic carbocycles. The van der Waals surface area contributed by atoms with Crippen LogP contribution in [0.2, 0.25) is 0 Å². The second-order valence-corrected chi connectivity index (χ2v) is 6.80. The van der Waals surface area contributed by atoms with E-state index in [0.29, 0.717) is 6.54 Å². The molecular formula is C16H26N4O3. The molecule has 0 saturated carbocycles. The van der Waals surface area contributed by atoms with Crippen molar-refractivity contribution in [3.63, 3.8) is 0 Å². The van der Waals surface area contributed by atoms with Crippen molar-refractivity contribution in [2.75, 3.05) is 25.1 Å². The van der Waals surface area contributed by atoms with E-state index in [1.807, 2.05) is 33.8 Å². The lowest BCUT2D eigenvalue weighted by Gasteiger charge is -2.26. The number of hydrogen-bond acceptors (Lipinski definition) is 6. The molecule has 1 aliphatic rings. The van der Waals surface area contributed by atoms with E-state index >= 15 is 0 Å². The predicted octanol–water partition coefficient (Wildman–Crippen LogP) is 1.90. The summed E-state index contributed by atoms with van der Waals surface area (Å²) in [5.74, 6) is 0.855. The van der Waals surface area contributed by atoms with Crippen LogP contribution in [-0.2, 0) is 9.47 Å². The molecular weight excluding hydrogens is 296 g/mol. The van der Waals surface area contributed by atoms with E-state index in [0.717, 1.165) is 24.5 Å². The average molecular weight is 322 g/mol. The maximum atomic E-state index is 11.9. The van der Waals surface area contributed by atoms with Crippen LogP contribution in [0.15, 0.2) is 12.4 Å². The molecule has 1 aliphatic heterocycles. The molecule has 0 spiro atoms. The van der Waals surface area contributed by atoms with Crippen molar-refractivity contribution in [3.8, 4) is 0 Å². The number of carbonyl (C=O) groups excluding carboxylic acids is 1. The standard InChI is InChI=1S/C16H26N4O3/c1-11-6-14(19-10-18-11)20-9-13(22-5)7-12(20)8-17-15(21)23-16(2,3)4/h6,10,12-13H,7-9H2,1-5H3,(H,17,21)/t12-,13-/m1/s1. The first kappa shape index (κ1) is 17.5. The summed E-state index contributed by atoms with van der Waals surface area (Å²) < 4.78 is 10.8. The zero-order valence-corrected chi connectivity index (χ0v) is 14.5. The summed E-state index contributed by atoms with van der Waals surface area (Å²) in [5.41, 5.74) is 0.410. The zero-order chi connectivity index (χ0) is 17.0. The summed E-state index contributed by atoms with van der Waals surface area (Å²) in [4.78, 5) is 22.5. The van der Waals surface area contributed by atoms with Crippen molar-refractivity contribution in [1.29, 1.82) is 0 Å². The quantitative estimate of drug-likeness (QED) is 0.912. The number of carbonyl (C=O) groups is 1. The summed E-state index contributed by atoms with van der Waals surface area (Å²) in [7, 11) is 1.71. The van der Waals surface area contributed by atoms with Crippen LogP contribution < -0.4 is 10.2 Å². The average Bonchev–Trinajstić information content (AvgIpc) is 2.86. The Kier molecular flexibility index (Phi) is 5.41. The van der Waals surface area contributed by atoms with E-state index in [-0.39, 0.29) is 12.1 Å². The van der Waals surface area contributed by atoms with Crippen LogP contribution >= 0.6 is 0 Å². The Balaban J connectivity index is 2.01. The molecule has 128 valence electrons. The number of rotatable bonds is 4. The van der Waals surface area contributed by atoms with Gasteiger partial charge in [-0.1, -0.05) is 0 Å². The van der Waals surface area contributed by atoms with Gasteiger partial charge in [0, 0.05) is 32.0 Å². The predicted molar refractivity (Wildman–Crippen MR) is 87.6 cm³/mol. The number of aromatic nitrogens is 2. The Hall–Kier alpha value is -1.89. The van der Waals surface area contributed by atoms with Gasteiger partial charge in [-0.3, -0.25) is 0 Å². The van der Waals surface area contributed by atoms with E-state index in [4.69, 9.17) is 9.47 Å². The number of ether oxygens (including phenoxy) is 2. The molecule has 0 bridgehead atoms. The van der Waals surface area contributed by atoms with Gasteiger partial charge < -0.3 is 19.7 Å². The molecule has 1 N–H and O–H groups in total.